The van der Waals surface area contributed by atoms with E-state index in [-0.39, 0.29) is 14.9 Å². The van der Waals surface area contributed by atoms with Gasteiger partial charge in [0.05, 0.1) is 40.3 Å². The first-order valence-corrected chi connectivity index (χ1v) is 35.4. The van der Waals surface area contributed by atoms with Gasteiger partial charge in [0.2, 0.25) is 0 Å². The van der Waals surface area contributed by atoms with Crippen LogP contribution < -0.4 is 0 Å². The quantitative estimate of drug-likeness (QED) is 0.143. The zero-order chi connectivity index (χ0) is 72.9. The Balaban J connectivity index is 0.000000240. The van der Waals surface area contributed by atoms with E-state index in [1.807, 2.05) is 234 Å². The number of benzene rings is 5. The first-order chi connectivity index (χ1) is 49.5. The number of hydrogen-bond acceptors (Lipinski definition) is 22. The van der Waals surface area contributed by atoms with Gasteiger partial charge in [-0.2, -0.15) is 8.75 Å². The fourth-order valence-electron chi connectivity index (χ4n) is 8.17. The van der Waals surface area contributed by atoms with E-state index in [2.05, 4.69) is 126 Å². The maximum atomic E-state index is 5.26. The molecular formula is C80H93N17O3S4. The molecular weight excluding hydrogens is 1380 g/mol. The van der Waals surface area contributed by atoms with E-state index in [0.717, 1.165) is 102 Å². The lowest BCUT2D eigenvalue weighted by Gasteiger charge is -1.97. The Bertz CT molecular complexity index is 4590. The topological polar surface area (TPSA) is 260 Å². The average molecular weight is 1470 g/mol. The molecule has 13 heterocycles. The van der Waals surface area contributed by atoms with Crippen molar-refractivity contribution in [3.05, 3.63) is 309 Å². The van der Waals surface area contributed by atoms with Crippen molar-refractivity contribution in [1.82, 2.24) is 78.3 Å². The van der Waals surface area contributed by atoms with Crippen molar-refractivity contribution in [2.24, 2.45) is 4.99 Å². The van der Waals surface area contributed by atoms with Crippen LogP contribution in [0.25, 0.3) is 54.8 Å². The second-order valence-corrected chi connectivity index (χ2v) is 25.7. The number of aromatic nitrogens is 16. The summed E-state index contributed by atoms with van der Waals surface area (Å²) in [6.45, 7) is 27.2. The van der Waals surface area contributed by atoms with Crippen molar-refractivity contribution in [3.63, 3.8) is 0 Å². The van der Waals surface area contributed by atoms with Crippen molar-refractivity contribution in [2.45, 2.75) is 105 Å². The highest BCUT2D eigenvalue weighted by Gasteiger charge is 2.00. The number of nitrogens with zero attached hydrogens (tertiary/aromatic N) is 15. The molecule has 0 unspecified atom stereocenters. The summed E-state index contributed by atoms with van der Waals surface area (Å²) < 4.78 is 26.6. The van der Waals surface area contributed by atoms with Crippen LogP contribution in [0, 0.1) is 83.1 Å². The first-order valence-electron chi connectivity index (χ1n) is 32.2. The molecule has 20 nitrogen and oxygen atoms in total. The number of pyridine rings is 4. The molecule has 0 radical (unpaired) electrons. The summed E-state index contributed by atoms with van der Waals surface area (Å²) in [5, 5.41) is 16.5. The van der Waals surface area contributed by atoms with E-state index < -0.39 is 0 Å². The fourth-order valence-corrected chi connectivity index (χ4v) is 9.93. The molecule has 0 amide bonds. The summed E-state index contributed by atoms with van der Waals surface area (Å²) in [6.07, 6.45) is 15.7. The van der Waals surface area contributed by atoms with Crippen LogP contribution in [0.3, 0.4) is 0 Å². The van der Waals surface area contributed by atoms with Gasteiger partial charge in [0.15, 0.2) is 17.4 Å². The van der Waals surface area contributed by atoms with Crippen LogP contribution >= 0.6 is 45.9 Å². The molecule has 1 aliphatic rings. The van der Waals surface area contributed by atoms with Gasteiger partial charge in [-0.1, -0.05) is 111 Å². The Hall–Kier alpha value is -11.3. The zero-order valence-electron chi connectivity index (χ0n) is 59.6. The van der Waals surface area contributed by atoms with Crippen molar-refractivity contribution < 1.29 is 13.7 Å². The second kappa shape index (κ2) is 49.3. The molecule has 12 aromatic heterocycles. The Labute approximate surface area is 626 Å². The van der Waals surface area contributed by atoms with Crippen molar-refractivity contribution in [2.75, 3.05) is 13.2 Å². The van der Waals surface area contributed by atoms with Gasteiger partial charge in [-0.05, 0) is 207 Å². The third-order valence-electron chi connectivity index (χ3n) is 13.2. The van der Waals surface area contributed by atoms with Gasteiger partial charge in [0.1, 0.15) is 51.4 Å². The van der Waals surface area contributed by atoms with Gasteiger partial charge in [-0.3, -0.25) is 24.9 Å². The Morgan fingerprint density at radius 3 is 1.62 bits per heavy atom. The number of fused-ring (bicyclic) bond motifs is 5. The minimum Gasteiger partial charge on any atom is -0.479 e. The van der Waals surface area contributed by atoms with Crippen molar-refractivity contribution in [1.29, 1.82) is 0 Å². The number of rotatable bonds is 0. The molecule has 2 N–H and O–H groups in total. The van der Waals surface area contributed by atoms with E-state index in [1.54, 1.807) is 84.2 Å². The predicted molar refractivity (Wildman–Crippen MR) is 433 cm³/mol. The number of nitrogens with one attached hydrogen (secondary N) is 2. The molecule has 0 bridgehead atoms. The highest BCUT2D eigenvalue weighted by Crippen LogP contribution is 2.20. The van der Waals surface area contributed by atoms with Gasteiger partial charge in [0, 0.05) is 101 Å². The lowest BCUT2D eigenvalue weighted by atomic mass is 10.1. The number of para-hydroxylation sites is 6. The summed E-state index contributed by atoms with van der Waals surface area (Å²) in [4.78, 5) is 45.1. The summed E-state index contributed by atoms with van der Waals surface area (Å²) >= 11 is 6.07. The maximum absolute atomic E-state index is 5.26. The maximum Gasteiger partial charge on any atom is 0.192 e. The molecule has 1 aliphatic heterocycles. The van der Waals surface area contributed by atoms with Gasteiger partial charge in [-0.15, -0.1) is 21.5 Å². The molecule has 17 aromatic rings. The monoisotopic (exact) mass is 1470 g/mol. The summed E-state index contributed by atoms with van der Waals surface area (Å²) in [7, 11) is 0. The van der Waals surface area contributed by atoms with Gasteiger partial charge in [-0.25, -0.2) is 24.3 Å². The summed E-state index contributed by atoms with van der Waals surface area (Å²) in [5.74, 6) is 4.35. The minimum absolute atomic E-state index is 0. The third-order valence-corrected chi connectivity index (χ3v) is 15.8. The van der Waals surface area contributed by atoms with E-state index in [4.69, 9.17) is 9.15 Å². The molecule has 0 fully saturated rings. The zero-order valence-corrected chi connectivity index (χ0v) is 62.8. The largest absolute Gasteiger partial charge is 0.479 e. The Kier molecular flexibility index (Phi) is 40.3. The highest BCUT2D eigenvalue weighted by molar-refractivity contribution is 7.09. The number of hydrogen-bond donors (Lipinski definition) is 2. The van der Waals surface area contributed by atoms with E-state index >= 15 is 0 Å². The van der Waals surface area contributed by atoms with Crippen LogP contribution in [-0.2, 0) is 4.74 Å². The SMILES string of the molecule is C.C.CC1=NCCO1.Cc1ccc2ccccc2n1.Cc1ccccn1.Cc1ccnc2ccccc12.Cc1ccncc1.Cc1ccno1.Cc1ccns1.Cc1nc2ccccc2[nH]1.Cc1nc2ccccc2o1.Cc1ncc[nH]1.Cc1ncns1.Cc1nncs1.Cc1snc2ccccc12. The molecule has 540 valence electrons. The molecule has 104 heavy (non-hydrogen) atoms. The number of aliphatic imine (C=N–C) groups is 1. The minimum atomic E-state index is 0. The number of aromatic amines is 2. The van der Waals surface area contributed by atoms with Crippen LogP contribution in [-0.4, -0.2) is 97.4 Å². The van der Waals surface area contributed by atoms with Crippen molar-refractivity contribution >= 4 is 107 Å². The van der Waals surface area contributed by atoms with Crippen molar-refractivity contribution in [3.8, 4) is 0 Å². The Morgan fingerprint density at radius 1 is 0.471 bits per heavy atom. The smallest absolute Gasteiger partial charge is 0.192 e. The number of ether oxygens (including phenoxy) is 1. The van der Waals surface area contributed by atoms with Gasteiger partial charge in [0.25, 0.3) is 0 Å². The van der Waals surface area contributed by atoms with E-state index in [9.17, 15) is 0 Å². The molecule has 24 heteroatoms. The van der Waals surface area contributed by atoms with Crippen LogP contribution in [0.5, 0.6) is 0 Å². The molecule has 5 aromatic carbocycles. The molecule has 0 spiro atoms. The summed E-state index contributed by atoms with van der Waals surface area (Å²) in [5.41, 5.74) is 13.6. The lowest BCUT2D eigenvalue weighted by molar-refractivity contribution is 0.345. The molecule has 0 atom stereocenters. The highest BCUT2D eigenvalue weighted by atomic mass is 32.1. The predicted octanol–water partition coefficient (Wildman–Crippen LogP) is 21.0. The van der Waals surface area contributed by atoms with Gasteiger partial charge < -0.3 is 23.6 Å². The van der Waals surface area contributed by atoms with Gasteiger partial charge >= 0.3 is 0 Å². The van der Waals surface area contributed by atoms with Crippen LogP contribution in [0.4, 0.5) is 0 Å². The van der Waals surface area contributed by atoms with Crippen LogP contribution in [0.15, 0.2) is 257 Å². The normalized spacial score (nSPS) is 10.1. The van der Waals surface area contributed by atoms with Crippen LogP contribution in [0.1, 0.15) is 87.4 Å². The standard InChI is InChI=1S/2C10H9N.C8H8N2.C8H7NO.C8H7NS.2C6H7N.C4H6N2.C4H7NO.C4H5NO.C4H5NS.2C3H4N2S.2CH4/c1-8-6-7-11-10-5-3-2-4-9(8)10;1-8-6-7-9-4-2-3-5-10(9)11-8;2*1-6-9-7-4-2-3-5-8(7)10-6;1-6-7-4-2-3-5-8(7)9-10-6;1-6-2-4-7-5-3-6;1-6-4-2-3-5-7-6;2*1-4-5-2-3-6-4;2*1-4-2-3-5-6-4;1-3-5-4-2-6-3;1-3-4-2-5-6-3;;/h2*2-7H,1H3;2-5H,1H3,(H,9,10);2*2-5H,1H3;2*2-5H,1H3;2-3H,1H3,(H,5,6);2-3H2,1H3;2*2-3H,1H3;2*2H,1H3;2*1H4. The molecule has 0 saturated carbocycles. The number of aryl methyl sites for hydroxylation is 12. The number of H-pyrrole nitrogens is 2. The van der Waals surface area contributed by atoms with E-state index in [0.29, 0.717) is 0 Å². The first kappa shape index (κ1) is 85.1. The summed E-state index contributed by atoms with van der Waals surface area (Å²) in [6, 6.07) is 60.0. The molecule has 18 rings (SSSR count). The molecule has 0 aliphatic carbocycles. The number of imidazole rings is 2. The fraction of sp³-hybridized carbons (Fsp3) is 0.212. The molecule has 0 saturated heterocycles. The average Bonchev–Trinajstić information content (AvgIpc) is 1.01. The number of oxazole rings is 1. The van der Waals surface area contributed by atoms with Crippen LogP contribution in [0.2, 0.25) is 0 Å². The second-order valence-electron chi connectivity index (χ2n) is 21.7. The lowest BCUT2D eigenvalue weighted by Crippen LogP contribution is -1.89. The van der Waals surface area contributed by atoms with E-state index in [1.165, 1.54) is 60.1 Å². The third kappa shape index (κ3) is 34.4. The Morgan fingerprint density at radius 2 is 1.16 bits per heavy atom.